The van der Waals surface area contributed by atoms with Gasteiger partial charge in [-0.25, -0.2) is 4.79 Å². The molecule has 1 aromatic carbocycles. The van der Waals surface area contributed by atoms with Gasteiger partial charge in [-0.3, -0.25) is 0 Å². The minimum Gasteiger partial charge on any atom is -0.474 e. The zero-order valence-electron chi connectivity index (χ0n) is 8.31. The highest BCUT2D eigenvalue weighted by Crippen LogP contribution is 2.42. The van der Waals surface area contributed by atoms with Crippen molar-refractivity contribution in [2.75, 3.05) is 12.5 Å². The zero-order valence-corrected chi connectivity index (χ0v) is 9.12. The van der Waals surface area contributed by atoms with Crippen LogP contribution in [0.15, 0.2) is 35.7 Å². The normalized spacial score (nSPS) is 13.0. The Kier molecular flexibility index (Phi) is 3.36. The maximum Gasteiger partial charge on any atom is 0.350 e. The molecule has 0 aliphatic carbocycles. The van der Waals surface area contributed by atoms with Crippen molar-refractivity contribution in [3.63, 3.8) is 0 Å². The molecule has 1 N–H and O–H groups in total. The number of hydrogen-bond donors (Lipinski definition) is 1. The monoisotopic (exact) mass is 210 g/mol. The second kappa shape index (κ2) is 4.33. The van der Waals surface area contributed by atoms with E-state index in [4.69, 9.17) is 5.11 Å². The highest BCUT2D eigenvalue weighted by atomic mass is 32.3. The Morgan fingerprint density at radius 2 is 1.86 bits per heavy atom. The van der Waals surface area contributed by atoms with Crippen molar-refractivity contribution < 1.29 is 9.90 Å². The zero-order chi connectivity index (χ0) is 10.6. The molecule has 0 saturated heterocycles. The van der Waals surface area contributed by atoms with E-state index in [1.807, 2.05) is 36.4 Å². The Bertz CT molecular complexity index is 342. The molecule has 0 unspecified atom stereocenters. The van der Waals surface area contributed by atoms with Crippen molar-refractivity contribution in [1.82, 2.24) is 0 Å². The molecule has 0 spiro atoms. The first-order valence-corrected chi connectivity index (χ1v) is 6.73. The first-order chi connectivity index (χ1) is 6.52. The van der Waals surface area contributed by atoms with Crippen molar-refractivity contribution >= 4 is 21.4 Å². The summed E-state index contributed by atoms with van der Waals surface area (Å²) in [5.74, 6) is 0. The summed E-state index contributed by atoms with van der Waals surface area (Å²) in [7, 11) is -1.66. The van der Waals surface area contributed by atoms with Crippen LogP contribution in [0, 0.1) is 0 Å². The molecular formula is C11H14O2S. The lowest BCUT2D eigenvalue weighted by Gasteiger charge is -2.19. The smallest absolute Gasteiger partial charge is 0.350 e. The topological polar surface area (TPSA) is 37.3 Å². The number of carboxylic acid groups (broad SMARTS) is 1. The van der Waals surface area contributed by atoms with Gasteiger partial charge in [0, 0.05) is 0 Å². The molecule has 0 radical (unpaired) electrons. The molecule has 0 bridgehead atoms. The molecule has 0 heterocycles. The molecule has 0 aliphatic heterocycles. The Hall–Kier alpha value is -1.22. The van der Waals surface area contributed by atoms with Crippen LogP contribution in [0.25, 0.3) is 6.08 Å². The van der Waals surface area contributed by atoms with Gasteiger partial charge >= 0.3 is 5.30 Å². The summed E-state index contributed by atoms with van der Waals surface area (Å²) in [6.45, 7) is 0. The summed E-state index contributed by atoms with van der Waals surface area (Å²) in [5, 5.41) is 9.96. The van der Waals surface area contributed by atoms with E-state index in [2.05, 4.69) is 0 Å². The second-order valence-corrected chi connectivity index (χ2v) is 6.82. The lowest BCUT2D eigenvalue weighted by molar-refractivity contribution is 0.221. The van der Waals surface area contributed by atoms with Crippen molar-refractivity contribution in [2.45, 2.75) is 0 Å². The highest BCUT2D eigenvalue weighted by Gasteiger charge is 2.16. The Morgan fingerprint density at radius 1 is 1.29 bits per heavy atom. The van der Waals surface area contributed by atoms with Crippen LogP contribution in [-0.4, -0.2) is 22.9 Å². The summed E-state index contributed by atoms with van der Waals surface area (Å²) in [5.41, 5.74) is 1.04. The fraction of sp³-hybridized carbons (Fsp3) is 0.182. The highest BCUT2D eigenvalue weighted by molar-refractivity contribution is 8.46. The Morgan fingerprint density at radius 3 is 2.36 bits per heavy atom. The molecule has 0 amide bonds. The van der Waals surface area contributed by atoms with Crippen LogP contribution in [0.5, 0.6) is 0 Å². The van der Waals surface area contributed by atoms with Crippen LogP contribution in [0.4, 0.5) is 4.79 Å². The minimum absolute atomic E-state index is 0.732. The van der Waals surface area contributed by atoms with Gasteiger partial charge in [0.1, 0.15) is 0 Å². The van der Waals surface area contributed by atoms with E-state index in [0.717, 1.165) is 5.56 Å². The lowest BCUT2D eigenvalue weighted by atomic mass is 10.2. The van der Waals surface area contributed by atoms with Crippen LogP contribution in [0.3, 0.4) is 0 Å². The third kappa shape index (κ3) is 2.92. The molecule has 0 fully saturated rings. The molecule has 0 aromatic heterocycles. The fourth-order valence-corrected chi connectivity index (χ4v) is 1.48. The first kappa shape index (κ1) is 10.9. The van der Waals surface area contributed by atoms with Crippen LogP contribution >= 0.6 is 10.0 Å². The molecule has 1 aromatic rings. The van der Waals surface area contributed by atoms with E-state index >= 15 is 0 Å². The summed E-state index contributed by atoms with van der Waals surface area (Å²) in [6, 6.07) is 9.71. The SMILES string of the molecule is CS(C)(/C=C\c1ccccc1)C(=O)O. The predicted molar refractivity (Wildman–Crippen MR) is 62.9 cm³/mol. The van der Waals surface area contributed by atoms with Gasteiger partial charge < -0.3 is 5.11 Å². The van der Waals surface area contributed by atoms with E-state index in [1.165, 1.54) is 0 Å². The van der Waals surface area contributed by atoms with E-state index in [9.17, 15) is 4.79 Å². The average Bonchev–Trinajstić information content (AvgIpc) is 2.16. The van der Waals surface area contributed by atoms with Gasteiger partial charge in [-0.15, -0.1) is 10.0 Å². The lowest BCUT2D eigenvalue weighted by Crippen LogP contribution is -2.02. The molecule has 0 atom stereocenters. The average molecular weight is 210 g/mol. The van der Waals surface area contributed by atoms with Gasteiger partial charge in [-0.2, -0.15) is 0 Å². The van der Waals surface area contributed by atoms with Crippen LogP contribution < -0.4 is 0 Å². The standard InChI is InChI=1S/C11H14O2S/c1-14(2,11(12)13)9-8-10-6-4-3-5-7-10/h3-9H,1-2H3,(H,12,13)/b9-8-. The van der Waals surface area contributed by atoms with Gasteiger partial charge in [0.25, 0.3) is 0 Å². The van der Waals surface area contributed by atoms with Crippen LogP contribution in [-0.2, 0) is 0 Å². The van der Waals surface area contributed by atoms with Gasteiger partial charge in [0.05, 0.1) is 0 Å². The number of rotatable bonds is 2. The molecule has 1 rings (SSSR count). The maximum absolute atomic E-state index is 10.8. The molecule has 76 valence electrons. The quantitative estimate of drug-likeness (QED) is 0.812. The fourth-order valence-electron chi connectivity index (χ4n) is 0.871. The van der Waals surface area contributed by atoms with Gasteiger partial charge in [0.15, 0.2) is 0 Å². The van der Waals surface area contributed by atoms with Gasteiger partial charge in [-0.1, -0.05) is 30.3 Å². The van der Waals surface area contributed by atoms with E-state index in [0.29, 0.717) is 0 Å². The van der Waals surface area contributed by atoms with Crippen molar-refractivity contribution in [1.29, 1.82) is 0 Å². The van der Waals surface area contributed by atoms with Crippen molar-refractivity contribution in [3.05, 3.63) is 41.3 Å². The third-order valence-electron chi connectivity index (χ3n) is 1.85. The number of carbonyl (C=O) groups is 1. The molecule has 2 nitrogen and oxygen atoms in total. The summed E-state index contributed by atoms with van der Waals surface area (Å²) < 4.78 is 0. The third-order valence-corrected chi connectivity index (χ3v) is 3.57. The van der Waals surface area contributed by atoms with E-state index in [1.54, 1.807) is 17.9 Å². The van der Waals surface area contributed by atoms with E-state index in [-0.39, 0.29) is 0 Å². The molecular weight excluding hydrogens is 196 g/mol. The Labute approximate surface area is 85.6 Å². The van der Waals surface area contributed by atoms with Crippen LogP contribution in [0.2, 0.25) is 0 Å². The first-order valence-electron chi connectivity index (χ1n) is 4.22. The summed E-state index contributed by atoms with van der Waals surface area (Å²) in [6.07, 6.45) is 5.38. The minimum atomic E-state index is -1.66. The maximum atomic E-state index is 10.8. The number of benzene rings is 1. The second-order valence-electron chi connectivity index (χ2n) is 3.39. The molecule has 3 heteroatoms. The van der Waals surface area contributed by atoms with Gasteiger partial charge in [0.2, 0.25) is 0 Å². The number of hydrogen-bond acceptors (Lipinski definition) is 1. The molecule has 0 saturated carbocycles. The Balaban J connectivity index is 2.79. The molecule has 14 heavy (non-hydrogen) atoms. The summed E-state index contributed by atoms with van der Waals surface area (Å²) in [4.78, 5) is 10.8. The van der Waals surface area contributed by atoms with Crippen molar-refractivity contribution in [2.24, 2.45) is 0 Å². The predicted octanol–water partition coefficient (Wildman–Crippen LogP) is 3.40. The summed E-state index contributed by atoms with van der Waals surface area (Å²) >= 11 is 0. The molecule has 0 aliphatic rings. The van der Waals surface area contributed by atoms with Gasteiger partial charge in [-0.05, 0) is 29.6 Å². The largest absolute Gasteiger partial charge is 0.474 e. The van der Waals surface area contributed by atoms with E-state index < -0.39 is 15.3 Å². The van der Waals surface area contributed by atoms with Crippen molar-refractivity contribution in [3.8, 4) is 0 Å². The van der Waals surface area contributed by atoms with Crippen LogP contribution in [0.1, 0.15) is 5.56 Å².